The molecule has 0 N–H and O–H groups in total. The van der Waals surface area contributed by atoms with Crippen molar-refractivity contribution in [2.45, 2.75) is 24.7 Å². The standard InChI is InChI=1S/C25H26N4O3S/c1-18(19-9-5-4-6-10-19)28(2)23(30)17-33-25-27-26-24(20-11-7-12-21(15-20)31-3)29(25)16-22-13-8-14-32-22/h4-15,18H,16-17H2,1-3H3/t18-/m0/s1. The second kappa shape index (κ2) is 10.4. The molecule has 2 aromatic heterocycles. The molecule has 0 radical (unpaired) electrons. The number of carbonyl (C=O) groups excluding carboxylic acids is 1. The Hall–Kier alpha value is -3.52. The van der Waals surface area contributed by atoms with E-state index in [4.69, 9.17) is 9.15 Å². The molecule has 1 amide bonds. The minimum absolute atomic E-state index is 0.0202. The molecule has 0 bridgehead atoms. The lowest BCUT2D eigenvalue weighted by Crippen LogP contribution is -2.31. The molecule has 2 heterocycles. The number of rotatable bonds is 9. The zero-order valence-electron chi connectivity index (χ0n) is 18.8. The van der Waals surface area contributed by atoms with E-state index in [0.29, 0.717) is 17.5 Å². The monoisotopic (exact) mass is 462 g/mol. The van der Waals surface area contributed by atoms with Crippen LogP contribution in [0.25, 0.3) is 11.4 Å². The van der Waals surface area contributed by atoms with Crippen LogP contribution in [0.3, 0.4) is 0 Å². The Balaban J connectivity index is 1.54. The fourth-order valence-corrected chi connectivity index (χ4v) is 4.33. The first-order chi connectivity index (χ1) is 16.1. The minimum atomic E-state index is -0.0207. The number of amides is 1. The maximum Gasteiger partial charge on any atom is 0.233 e. The van der Waals surface area contributed by atoms with Crippen LogP contribution in [0, 0.1) is 0 Å². The van der Waals surface area contributed by atoms with E-state index in [1.165, 1.54) is 11.8 Å². The Morgan fingerprint density at radius 1 is 1.12 bits per heavy atom. The number of hydrogen-bond donors (Lipinski definition) is 0. The lowest BCUT2D eigenvalue weighted by molar-refractivity contribution is -0.128. The van der Waals surface area contributed by atoms with Gasteiger partial charge < -0.3 is 14.1 Å². The Kier molecular flexibility index (Phi) is 7.14. The van der Waals surface area contributed by atoms with Gasteiger partial charge in [0, 0.05) is 12.6 Å². The molecule has 0 unspecified atom stereocenters. The predicted molar refractivity (Wildman–Crippen MR) is 128 cm³/mol. The van der Waals surface area contributed by atoms with Crippen molar-refractivity contribution in [2.24, 2.45) is 0 Å². The van der Waals surface area contributed by atoms with Gasteiger partial charge in [0.05, 0.1) is 31.7 Å². The third-order valence-corrected chi connectivity index (χ3v) is 6.47. The van der Waals surface area contributed by atoms with Gasteiger partial charge in [0.25, 0.3) is 0 Å². The summed E-state index contributed by atoms with van der Waals surface area (Å²) in [5.41, 5.74) is 1.97. The van der Waals surface area contributed by atoms with Crippen molar-refractivity contribution in [1.82, 2.24) is 19.7 Å². The zero-order valence-corrected chi connectivity index (χ0v) is 19.7. The summed E-state index contributed by atoms with van der Waals surface area (Å²) in [5, 5.41) is 9.45. The van der Waals surface area contributed by atoms with Gasteiger partial charge in [-0.25, -0.2) is 0 Å². The number of aromatic nitrogens is 3. The Bertz CT molecular complexity index is 1190. The van der Waals surface area contributed by atoms with Crippen LogP contribution in [0.1, 0.15) is 24.3 Å². The minimum Gasteiger partial charge on any atom is -0.497 e. The van der Waals surface area contributed by atoms with Gasteiger partial charge in [-0.05, 0) is 36.8 Å². The van der Waals surface area contributed by atoms with Gasteiger partial charge >= 0.3 is 0 Å². The lowest BCUT2D eigenvalue weighted by Gasteiger charge is -2.25. The predicted octanol–water partition coefficient (Wildman–Crippen LogP) is 4.91. The number of carbonyl (C=O) groups is 1. The highest BCUT2D eigenvalue weighted by molar-refractivity contribution is 7.99. The largest absolute Gasteiger partial charge is 0.497 e. The van der Waals surface area contributed by atoms with Gasteiger partial charge in [0.1, 0.15) is 11.5 Å². The molecule has 7 nitrogen and oxygen atoms in total. The summed E-state index contributed by atoms with van der Waals surface area (Å²) in [7, 11) is 3.46. The smallest absolute Gasteiger partial charge is 0.233 e. The van der Waals surface area contributed by atoms with E-state index in [9.17, 15) is 4.79 Å². The molecule has 0 saturated carbocycles. The average Bonchev–Trinajstić information content (AvgIpc) is 3.52. The summed E-state index contributed by atoms with van der Waals surface area (Å²) in [4.78, 5) is 14.7. The second-order valence-electron chi connectivity index (χ2n) is 7.58. The number of nitrogens with zero attached hydrogens (tertiary/aromatic N) is 4. The van der Waals surface area contributed by atoms with Crippen LogP contribution in [-0.4, -0.2) is 45.5 Å². The van der Waals surface area contributed by atoms with Crippen LogP contribution >= 0.6 is 11.8 Å². The molecule has 8 heteroatoms. The van der Waals surface area contributed by atoms with Crippen molar-refractivity contribution in [3.63, 3.8) is 0 Å². The van der Waals surface area contributed by atoms with E-state index in [2.05, 4.69) is 10.2 Å². The van der Waals surface area contributed by atoms with E-state index in [-0.39, 0.29) is 17.7 Å². The third kappa shape index (κ3) is 5.28. The summed E-state index contributed by atoms with van der Waals surface area (Å²) in [5.74, 6) is 2.48. The SMILES string of the molecule is COc1cccc(-c2nnc(SCC(=O)N(C)[C@@H](C)c3ccccc3)n2Cc2ccco2)c1. The summed E-state index contributed by atoms with van der Waals surface area (Å²) in [6.45, 7) is 2.48. The Morgan fingerprint density at radius 3 is 2.67 bits per heavy atom. The van der Waals surface area contributed by atoms with E-state index in [0.717, 1.165) is 22.6 Å². The van der Waals surface area contributed by atoms with Gasteiger partial charge in [0.15, 0.2) is 11.0 Å². The first kappa shape index (κ1) is 22.7. The number of ether oxygens (including phenoxy) is 1. The molecule has 170 valence electrons. The summed E-state index contributed by atoms with van der Waals surface area (Å²) < 4.78 is 12.9. The maximum atomic E-state index is 12.9. The summed E-state index contributed by atoms with van der Waals surface area (Å²) in [6.07, 6.45) is 1.64. The van der Waals surface area contributed by atoms with Crippen molar-refractivity contribution in [2.75, 3.05) is 19.9 Å². The van der Waals surface area contributed by atoms with E-state index in [1.807, 2.05) is 85.3 Å². The molecule has 0 fully saturated rings. The van der Waals surface area contributed by atoms with Crippen molar-refractivity contribution >= 4 is 17.7 Å². The van der Waals surface area contributed by atoms with Crippen LogP contribution in [0.4, 0.5) is 0 Å². The lowest BCUT2D eigenvalue weighted by atomic mass is 10.1. The van der Waals surface area contributed by atoms with Crippen LogP contribution in [0.15, 0.2) is 82.6 Å². The highest BCUT2D eigenvalue weighted by atomic mass is 32.2. The fraction of sp³-hybridized carbons (Fsp3) is 0.240. The van der Waals surface area contributed by atoms with Crippen LogP contribution in [-0.2, 0) is 11.3 Å². The highest BCUT2D eigenvalue weighted by Gasteiger charge is 2.21. The molecule has 2 aromatic carbocycles. The van der Waals surface area contributed by atoms with Crippen molar-refractivity contribution in [1.29, 1.82) is 0 Å². The number of furan rings is 1. The molecule has 4 aromatic rings. The molecule has 1 atom stereocenters. The van der Waals surface area contributed by atoms with Crippen LogP contribution < -0.4 is 4.74 Å². The molecule has 0 aliphatic heterocycles. The molecule has 0 aliphatic rings. The van der Waals surface area contributed by atoms with Crippen LogP contribution in [0.2, 0.25) is 0 Å². The number of hydrogen-bond acceptors (Lipinski definition) is 6. The van der Waals surface area contributed by atoms with Gasteiger partial charge in [-0.2, -0.15) is 0 Å². The van der Waals surface area contributed by atoms with Crippen molar-refractivity contribution in [3.8, 4) is 17.1 Å². The Labute approximate surface area is 197 Å². The van der Waals surface area contributed by atoms with Gasteiger partial charge in [-0.3, -0.25) is 9.36 Å². The van der Waals surface area contributed by atoms with Gasteiger partial charge in [-0.1, -0.05) is 54.2 Å². The third-order valence-electron chi connectivity index (χ3n) is 5.52. The number of thioether (sulfide) groups is 1. The summed E-state index contributed by atoms with van der Waals surface area (Å²) in [6, 6.07) is 21.4. The fourth-order valence-electron chi connectivity index (χ4n) is 3.47. The van der Waals surface area contributed by atoms with E-state index < -0.39 is 0 Å². The normalized spacial score (nSPS) is 11.8. The maximum absolute atomic E-state index is 12.9. The molecular weight excluding hydrogens is 436 g/mol. The first-order valence-electron chi connectivity index (χ1n) is 10.6. The van der Waals surface area contributed by atoms with E-state index >= 15 is 0 Å². The molecule has 0 saturated heterocycles. The quantitative estimate of drug-likeness (QED) is 0.329. The van der Waals surface area contributed by atoms with Crippen molar-refractivity contribution in [3.05, 3.63) is 84.3 Å². The van der Waals surface area contributed by atoms with E-state index in [1.54, 1.807) is 18.3 Å². The topological polar surface area (TPSA) is 73.4 Å². The van der Waals surface area contributed by atoms with Crippen molar-refractivity contribution < 1.29 is 13.9 Å². The average molecular weight is 463 g/mol. The summed E-state index contributed by atoms with van der Waals surface area (Å²) >= 11 is 1.37. The zero-order chi connectivity index (χ0) is 23.2. The highest BCUT2D eigenvalue weighted by Crippen LogP contribution is 2.28. The van der Waals surface area contributed by atoms with Crippen LogP contribution in [0.5, 0.6) is 5.75 Å². The molecular formula is C25H26N4O3S. The first-order valence-corrected chi connectivity index (χ1v) is 11.6. The van der Waals surface area contributed by atoms with Gasteiger partial charge in [0.2, 0.25) is 5.91 Å². The van der Waals surface area contributed by atoms with Gasteiger partial charge in [-0.15, -0.1) is 10.2 Å². The molecule has 0 aliphatic carbocycles. The second-order valence-corrected chi connectivity index (χ2v) is 8.53. The molecule has 33 heavy (non-hydrogen) atoms. The molecule has 0 spiro atoms. The number of methoxy groups -OCH3 is 1. The molecule has 4 rings (SSSR count). The Morgan fingerprint density at radius 2 is 1.94 bits per heavy atom. The number of benzene rings is 2.